The number of aliphatic hydroxyl groups is 3. The second-order valence-corrected chi connectivity index (χ2v) is 3.01. The summed E-state index contributed by atoms with van der Waals surface area (Å²) >= 11 is 0. The van der Waals surface area contributed by atoms with E-state index >= 15 is 0 Å². The maximum Gasteiger partial charge on any atom is 0.108 e. The van der Waals surface area contributed by atoms with Gasteiger partial charge in [-0.15, -0.1) is 0 Å². The molecule has 0 bridgehead atoms. The van der Waals surface area contributed by atoms with E-state index in [9.17, 15) is 10.2 Å². The van der Waals surface area contributed by atoms with E-state index in [-0.39, 0.29) is 13.2 Å². The van der Waals surface area contributed by atoms with E-state index < -0.39 is 24.4 Å². The number of hydrogen-bond acceptors (Lipinski definition) is 5. The molecule has 5 heteroatoms. The van der Waals surface area contributed by atoms with Crippen LogP contribution in [0.15, 0.2) is 0 Å². The van der Waals surface area contributed by atoms with Crippen LogP contribution in [0.4, 0.5) is 0 Å². The molecule has 0 saturated heterocycles. The Morgan fingerprint density at radius 3 is 2.42 bits per heavy atom. The highest BCUT2D eigenvalue weighted by Gasteiger charge is 2.39. The summed E-state index contributed by atoms with van der Waals surface area (Å²) in [5.74, 6) is 0. The highest BCUT2D eigenvalue weighted by molar-refractivity contribution is 4.94. The molecule has 5 nitrogen and oxygen atoms in total. The fraction of sp³-hybridized carbons (Fsp3) is 1.00. The van der Waals surface area contributed by atoms with Crippen LogP contribution in [-0.2, 0) is 4.74 Å². The van der Waals surface area contributed by atoms with Crippen LogP contribution in [0.1, 0.15) is 6.42 Å². The van der Waals surface area contributed by atoms with Gasteiger partial charge in [0, 0.05) is 6.04 Å². The molecule has 0 unspecified atom stereocenters. The first-order valence-electron chi connectivity index (χ1n) is 4.01. The third-order valence-corrected chi connectivity index (χ3v) is 2.10. The molecule has 5 N–H and O–H groups in total. The quantitative estimate of drug-likeness (QED) is 0.393. The number of hydrogen-bond donors (Lipinski definition) is 4. The summed E-state index contributed by atoms with van der Waals surface area (Å²) < 4.78 is 5.07. The average Bonchev–Trinajstić information content (AvgIpc) is 2.30. The molecule has 0 aromatic heterocycles. The Kier molecular flexibility index (Phi) is 3.42. The van der Waals surface area contributed by atoms with Crippen molar-refractivity contribution < 1.29 is 20.1 Å². The van der Waals surface area contributed by atoms with Gasteiger partial charge >= 0.3 is 0 Å². The minimum Gasteiger partial charge on any atom is -0.394 e. The molecule has 72 valence electrons. The van der Waals surface area contributed by atoms with Gasteiger partial charge in [0.2, 0.25) is 0 Å². The van der Waals surface area contributed by atoms with E-state index in [1.165, 1.54) is 0 Å². The highest BCUT2D eigenvalue weighted by atomic mass is 16.5. The number of rotatable bonds is 3. The third-order valence-electron chi connectivity index (χ3n) is 2.10. The average molecular weight is 177 g/mol. The minimum atomic E-state index is -0.924. The van der Waals surface area contributed by atoms with Crippen molar-refractivity contribution >= 4 is 0 Å². The first kappa shape index (κ1) is 9.88. The normalized spacial score (nSPS) is 42.0. The lowest BCUT2D eigenvalue weighted by atomic mass is 10.2. The molecule has 0 radical (unpaired) electrons. The van der Waals surface area contributed by atoms with Crippen LogP contribution in [-0.4, -0.2) is 52.9 Å². The third kappa shape index (κ3) is 1.94. The topological polar surface area (TPSA) is 95.9 Å². The van der Waals surface area contributed by atoms with Gasteiger partial charge in [-0.2, -0.15) is 0 Å². The molecule has 0 heterocycles. The van der Waals surface area contributed by atoms with Gasteiger partial charge in [-0.1, -0.05) is 0 Å². The molecule has 0 amide bonds. The van der Waals surface area contributed by atoms with Crippen molar-refractivity contribution in [1.29, 1.82) is 0 Å². The summed E-state index contributed by atoms with van der Waals surface area (Å²) in [4.78, 5) is 0. The van der Waals surface area contributed by atoms with Crippen LogP contribution in [0, 0.1) is 0 Å². The molecule has 0 aromatic rings. The van der Waals surface area contributed by atoms with Crippen molar-refractivity contribution in [3.05, 3.63) is 0 Å². The Morgan fingerprint density at radius 1 is 1.33 bits per heavy atom. The van der Waals surface area contributed by atoms with Crippen molar-refractivity contribution in [2.45, 2.75) is 30.8 Å². The van der Waals surface area contributed by atoms with E-state index in [1.807, 2.05) is 0 Å². The molecule has 0 aromatic carbocycles. The monoisotopic (exact) mass is 177 g/mol. The van der Waals surface area contributed by atoms with Gasteiger partial charge in [0.05, 0.1) is 25.4 Å². The largest absolute Gasteiger partial charge is 0.394 e. The van der Waals surface area contributed by atoms with Crippen LogP contribution < -0.4 is 5.73 Å². The molecule has 0 aliphatic heterocycles. The minimum absolute atomic E-state index is 0.0887. The lowest BCUT2D eigenvalue weighted by molar-refractivity contribution is -0.0615. The Balaban J connectivity index is 2.36. The number of nitrogens with two attached hydrogens (primary N) is 1. The molecule has 1 saturated carbocycles. The zero-order chi connectivity index (χ0) is 9.14. The standard InChI is InChI=1S/C7H15NO4/c8-4-3-5(12-2-1-9)7(11)6(4)10/h4-7,9-11H,1-3,8H2/t4-,5+,6+,7-/m1/s1. The van der Waals surface area contributed by atoms with Crippen molar-refractivity contribution in [3.63, 3.8) is 0 Å². The first-order chi connectivity index (χ1) is 5.66. The second-order valence-electron chi connectivity index (χ2n) is 3.01. The van der Waals surface area contributed by atoms with Crippen LogP contribution in [0.25, 0.3) is 0 Å². The van der Waals surface area contributed by atoms with Gasteiger partial charge < -0.3 is 25.8 Å². The van der Waals surface area contributed by atoms with Gasteiger partial charge in [-0.25, -0.2) is 0 Å². The van der Waals surface area contributed by atoms with Crippen molar-refractivity contribution in [3.8, 4) is 0 Å². The molecule has 1 rings (SSSR count). The molecule has 1 aliphatic carbocycles. The maximum atomic E-state index is 9.32. The van der Waals surface area contributed by atoms with Crippen molar-refractivity contribution in [1.82, 2.24) is 0 Å². The fourth-order valence-electron chi connectivity index (χ4n) is 1.39. The van der Waals surface area contributed by atoms with Crippen molar-refractivity contribution in [2.75, 3.05) is 13.2 Å². The van der Waals surface area contributed by atoms with E-state index in [1.54, 1.807) is 0 Å². The lowest BCUT2D eigenvalue weighted by Gasteiger charge is -2.16. The smallest absolute Gasteiger partial charge is 0.108 e. The first-order valence-corrected chi connectivity index (χ1v) is 4.01. The van der Waals surface area contributed by atoms with Crippen LogP contribution >= 0.6 is 0 Å². The number of aliphatic hydroxyl groups excluding tert-OH is 3. The van der Waals surface area contributed by atoms with Crippen LogP contribution in [0.5, 0.6) is 0 Å². The Hall–Kier alpha value is -0.200. The van der Waals surface area contributed by atoms with Gasteiger partial charge in [-0.3, -0.25) is 0 Å². The zero-order valence-corrected chi connectivity index (χ0v) is 6.76. The van der Waals surface area contributed by atoms with E-state index in [0.717, 1.165) is 0 Å². The summed E-state index contributed by atoms with van der Waals surface area (Å²) in [7, 11) is 0. The van der Waals surface area contributed by atoms with E-state index in [0.29, 0.717) is 6.42 Å². The Labute approximate surface area is 70.8 Å². The van der Waals surface area contributed by atoms with Gasteiger partial charge in [0.25, 0.3) is 0 Å². The van der Waals surface area contributed by atoms with Crippen LogP contribution in [0.2, 0.25) is 0 Å². The molecule has 1 aliphatic rings. The zero-order valence-electron chi connectivity index (χ0n) is 6.76. The molecule has 12 heavy (non-hydrogen) atoms. The SMILES string of the molecule is N[C@@H]1C[C@H](OCCO)[C@@H](O)[C@H]1O. The fourth-order valence-corrected chi connectivity index (χ4v) is 1.39. The van der Waals surface area contributed by atoms with E-state index in [2.05, 4.69) is 0 Å². The second kappa shape index (κ2) is 4.15. The highest BCUT2D eigenvalue weighted by Crippen LogP contribution is 2.21. The van der Waals surface area contributed by atoms with Gasteiger partial charge in [0.15, 0.2) is 0 Å². The molecular formula is C7H15NO4. The summed E-state index contributed by atoms with van der Waals surface area (Å²) in [6.07, 6.45) is -1.84. The van der Waals surface area contributed by atoms with Crippen LogP contribution in [0.3, 0.4) is 0 Å². The predicted octanol–water partition coefficient (Wildman–Crippen LogP) is -2.18. The summed E-state index contributed by atoms with van der Waals surface area (Å²) in [5.41, 5.74) is 5.48. The summed E-state index contributed by atoms with van der Waals surface area (Å²) in [5, 5.41) is 27.0. The lowest BCUT2D eigenvalue weighted by Crippen LogP contribution is -2.36. The predicted molar refractivity (Wildman–Crippen MR) is 41.4 cm³/mol. The molecule has 4 atom stereocenters. The van der Waals surface area contributed by atoms with Gasteiger partial charge in [-0.05, 0) is 6.42 Å². The Morgan fingerprint density at radius 2 is 2.00 bits per heavy atom. The maximum absolute atomic E-state index is 9.32. The summed E-state index contributed by atoms with van der Waals surface area (Å²) in [6.45, 7) is 0.0791. The van der Waals surface area contributed by atoms with E-state index in [4.69, 9.17) is 15.6 Å². The molecule has 1 fully saturated rings. The summed E-state index contributed by atoms with van der Waals surface area (Å²) in [6, 6.07) is -0.427. The number of ether oxygens (including phenoxy) is 1. The van der Waals surface area contributed by atoms with Gasteiger partial charge in [0.1, 0.15) is 6.10 Å². The molecule has 0 spiro atoms. The molecular weight excluding hydrogens is 162 g/mol. The Bertz CT molecular complexity index is 143. The van der Waals surface area contributed by atoms with Crippen molar-refractivity contribution in [2.24, 2.45) is 5.73 Å².